The van der Waals surface area contributed by atoms with Crippen LogP contribution in [0.2, 0.25) is 0 Å². The van der Waals surface area contributed by atoms with Crippen LogP contribution in [0.25, 0.3) is 0 Å². The molecule has 0 fully saturated rings. The highest BCUT2D eigenvalue weighted by atomic mass is 32.3. The summed E-state index contributed by atoms with van der Waals surface area (Å²) in [6, 6.07) is 0. The zero-order valence-electron chi connectivity index (χ0n) is 7.61. The number of thiol groups is 1. The van der Waals surface area contributed by atoms with Gasteiger partial charge in [-0.25, -0.2) is 0 Å². The van der Waals surface area contributed by atoms with Crippen LogP contribution < -0.4 is 0 Å². The first-order valence-electron chi connectivity index (χ1n) is 3.81. The molecule has 0 bridgehead atoms. The summed E-state index contributed by atoms with van der Waals surface area (Å²) < 4.78 is 57.9. The second-order valence-electron chi connectivity index (χ2n) is 2.64. The Morgan fingerprint density at radius 1 is 1.20 bits per heavy atom. The molecule has 0 aromatic heterocycles. The molecule has 1 atom stereocenters. The summed E-state index contributed by atoms with van der Waals surface area (Å²) in [7, 11) is -8.16. The maximum Gasteiger partial charge on any atom is 0.278 e. The van der Waals surface area contributed by atoms with Gasteiger partial charge in [0.25, 0.3) is 20.2 Å². The minimum Gasteiger partial charge on any atom is -0.286 e. The summed E-state index contributed by atoms with van der Waals surface area (Å²) >= 11 is 4.62. The Bertz CT molecular complexity index is 370. The lowest BCUT2D eigenvalue weighted by Crippen LogP contribution is -2.19. The molecule has 92 valence electrons. The number of hydrogen-bond donors (Lipinski definition) is 3. The van der Waals surface area contributed by atoms with E-state index in [2.05, 4.69) is 12.6 Å². The quantitative estimate of drug-likeness (QED) is 0.348. The van der Waals surface area contributed by atoms with E-state index in [1.165, 1.54) is 0 Å². The third-order valence-electron chi connectivity index (χ3n) is 1.33. The van der Waals surface area contributed by atoms with E-state index in [0.29, 0.717) is 0 Å². The molecule has 6 nitrogen and oxygen atoms in total. The van der Waals surface area contributed by atoms with Gasteiger partial charge >= 0.3 is 0 Å². The fraction of sp³-hybridized carbons (Fsp3) is 1.00. The van der Waals surface area contributed by atoms with Gasteiger partial charge in [-0.1, -0.05) is 0 Å². The van der Waals surface area contributed by atoms with Crippen molar-refractivity contribution < 1.29 is 25.9 Å². The molecular weight excluding hydrogens is 284 g/mol. The molecule has 0 aliphatic heterocycles. The van der Waals surface area contributed by atoms with Crippen molar-refractivity contribution in [2.75, 3.05) is 17.3 Å². The van der Waals surface area contributed by atoms with Gasteiger partial charge in [-0.2, -0.15) is 29.5 Å². The number of rotatable bonds is 7. The van der Waals surface area contributed by atoms with Gasteiger partial charge in [0.05, 0.1) is 5.75 Å². The van der Waals surface area contributed by atoms with Gasteiger partial charge in [0.2, 0.25) is 0 Å². The van der Waals surface area contributed by atoms with Gasteiger partial charge in [-0.15, -0.1) is 11.8 Å². The van der Waals surface area contributed by atoms with Crippen LogP contribution in [0.1, 0.15) is 6.42 Å². The Morgan fingerprint density at radius 2 is 1.73 bits per heavy atom. The van der Waals surface area contributed by atoms with Crippen LogP contribution in [-0.2, 0) is 20.2 Å². The van der Waals surface area contributed by atoms with Crippen LogP contribution in [0.5, 0.6) is 0 Å². The molecule has 0 spiro atoms. The van der Waals surface area contributed by atoms with Crippen LogP contribution in [0.4, 0.5) is 0 Å². The van der Waals surface area contributed by atoms with Crippen LogP contribution >= 0.6 is 24.4 Å². The zero-order valence-corrected chi connectivity index (χ0v) is 10.9. The Morgan fingerprint density at radius 3 is 2.07 bits per heavy atom. The van der Waals surface area contributed by atoms with E-state index in [1.54, 1.807) is 0 Å². The molecule has 0 aromatic rings. The van der Waals surface area contributed by atoms with E-state index in [9.17, 15) is 16.8 Å². The molecule has 2 N–H and O–H groups in total. The van der Waals surface area contributed by atoms with E-state index in [4.69, 9.17) is 9.11 Å². The molecule has 0 aliphatic carbocycles. The van der Waals surface area contributed by atoms with E-state index < -0.39 is 30.6 Å². The summed E-state index contributed by atoms with van der Waals surface area (Å²) in [5.74, 6) is -0.287. The normalized spacial score (nSPS) is 15.1. The average Bonchev–Trinajstić information content (AvgIpc) is 1.99. The second kappa shape index (κ2) is 6.30. The average molecular weight is 296 g/mol. The molecule has 1 unspecified atom stereocenters. The third-order valence-corrected chi connectivity index (χ3v) is 6.03. The molecule has 0 amide bonds. The smallest absolute Gasteiger partial charge is 0.278 e. The van der Waals surface area contributed by atoms with Gasteiger partial charge in [0.1, 0.15) is 4.58 Å². The van der Waals surface area contributed by atoms with Gasteiger partial charge in [-0.05, 0) is 12.2 Å². The summed E-state index contributed by atoms with van der Waals surface area (Å²) in [5, 5.41) is 0. The monoisotopic (exact) mass is 296 g/mol. The Balaban J connectivity index is 3.95. The molecule has 0 aromatic carbocycles. The maximum atomic E-state index is 10.7. The van der Waals surface area contributed by atoms with Crippen LogP contribution in [0, 0.1) is 0 Å². The van der Waals surface area contributed by atoms with Gasteiger partial charge in [0, 0.05) is 5.75 Å². The predicted molar refractivity (Wildman–Crippen MR) is 62.7 cm³/mol. The molecule has 0 saturated heterocycles. The summed E-state index contributed by atoms with van der Waals surface area (Å²) in [5.41, 5.74) is 0. The fourth-order valence-corrected chi connectivity index (χ4v) is 4.11. The third kappa shape index (κ3) is 8.34. The van der Waals surface area contributed by atoms with Crippen molar-refractivity contribution in [1.82, 2.24) is 0 Å². The molecule has 15 heavy (non-hydrogen) atoms. The van der Waals surface area contributed by atoms with Gasteiger partial charge in [-0.3, -0.25) is 9.11 Å². The Hall–Kier alpha value is 0.520. The Labute approximate surface area is 98.7 Å². The minimum absolute atomic E-state index is 0.0601. The topological polar surface area (TPSA) is 109 Å². The fourth-order valence-electron chi connectivity index (χ4n) is 0.689. The van der Waals surface area contributed by atoms with Crippen molar-refractivity contribution in [2.45, 2.75) is 11.0 Å². The van der Waals surface area contributed by atoms with Crippen LogP contribution in [0.3, 0.4) is 0 Å². The van der Waals surface area contributed by atoms with Crippen molar-refractivity contribution in [3.63, 3.8) is 0 Å². The Kier molecular flexibility index (Phi) is 6.52. The molecule has 0 rings (SSSR count). The summed E-state index contributed by atoms with van der Waals surface area (Å²) in [4.78, 5) is 0. The van der Waals surface area contributed by atoms with Gasteiger partial charge in [0.15, 0.2) is 0 Å². The zero-order chi connectivity index (χ0) is 12.1. The van der Waals surface area contributed by atoms with E-state index >= 15 is 0 Å². The SMILES string of the molecule is O=S(=O)(O)CCCSC(CS)S(=O)(=O)O. The van der Waals surface area contributed by atoms with Crippen molar-refractivity contribution in [2.24, 2.45) is 0 Å². The predicted octanol–water partition coefficient (Wildman–Crippen LogP) is 0.141. The number of thioether (sulfide) groups is 1. The molecule has 0 radical (unpaired) electrons. The molecule has 0 heterocycles. The second-order valence-corrected chi connectivity index (χ2v) is 7.78. The molecule has 10 heteroatoms. The first kappa shape index (κ1) is 15.5. The minimum atomic E-state index is -4.16. The van der Waals surface area contributed by atoms with E-state index in [-0.39, 0.29) is 17.9 Å². The maximum absolute atomic E-state index is 10.7. The van der Waals surface area contributed by atoms with Crippen molar-refractivity contribution in [1.29, 1.82) is 0 Å². The van der Waals surface area contributed by atoms with Crippen molar-refractivity contribution in [3.8, 4) is 0 Å². The first-order chi connectivity index (χ1) is 6.67. The highest BCUT2D eigenvalue weighted by Gasteiger charge is 2.21. The molecular formula is C5H12O6S4. The van der Waals surface area contributed by atoms with E-state index in [1.807, 2.05) is 0 Å². The molecule has 0 aliphatic rings. The summed E-state index contributed by atoms with van der Waals surface area (Å²) in [6.07, 6.45) is 0.114. The van der Waals surface area contributed by atoms with Crippen LogP contribution in [-0.4, -0.2) is 47.8 Å². The van der Waals surface area contributed by atoms with Crippen LogP contribution in [0.15, 0.2) is 0 Å². The van der Waals surface area contributed by atoms with E-state index in [0.717, 1.165) is 11.8 Å². The highest BCUT2D eigenvalue weighted by molar-refractivity contribution is 8.12. The standard InChI is InChI=1S/C5H12O6S4/c6-14(7,8)3-1-2-13-5(4-12)15(9,10)11/h5,12H,1-4H2,(H,6,7,8)(H,9,10,11). The highest BCUT2D eigenvalue weighted by Crippen LogP contribution is 2.18. The molecule has 0 saturated carbocycles. The first-order valence-corrected chi connectivity index (χ1v) is 8.60. The largest absolute Gasteiger partial charge is 0.286 e. The van der Waals surface area contributed by atoms with Gasteiger partial charge < -0.3 is 0 Å². The van der Waals surface area contributed by atoms with Crippen molar-refractivity contribution in [3.05, 3.63) is 0 Å². The number of hydrogen-bond acceptors (Lipinski definition) is 6. The lowest BCUT2D eigenvalue weighted by molar-refractivity contribution is 0.481. The summed E-state index contributed by atoms with van der Waals surface area (Å²) in [6.45, 7) is 0. The lowest BCUT2D eigenvalue weighted by atomic mass is 10.6. The lowest BCUT2D eigenvalue weighted by Gasteiger charge is -2.09. The van der Waals surface area contributed by atoms with Crippen molar-refractivity contribution >= 4 is 44.6 Å².